The van der Waals surface area contributed by atoms with Gasteiger partial charge in [-0.05, 0) is 13.0 Å². The zero-order valence-electron chi connectivity index (χ0n) is 6.13. The van der Waals surface area contributed by atoms with Crippen LogP contribution >= 0.6 is 0 Å². The van der Waals surface area contributed by atoms with Crippen molar-refractivity contribution < 1.29 is 0 Å². The van der Waals surface area contributed by atoms with Crippen LogP contribution in [0, 0.1) is 6.92 Å². The molecule has 0 aliphatic heterocycles. The highest BCUT2D eigenvalue weighted by Crippen LogP contribution is 2.17. The quantitative estimate of drug-likeness (QED) is 0.636. The molecule has 2 heterocycles. The summed E-state index contributed by atoms with van der Waals surface area (Å²) in [6, 6.07) is 1.91. The third-order valence-electron chi connectivity index (χ3n) is 1.62. The fourth-order valence-corrected chi connectivity index (χ4v) is 1.03. The van der Waals surface area contributed by atoms with E-state index >= 15 is 0 Å². The molecule has 0 spiro atoms. The highest BCUT2D eigenvalue weighted by atomic mass is 15.1. The summed E-state index contributed by atoms with van der Waals surface area (Å²) in [5, 5.41) is 13.5. The van der Waals surface area contributed by atoms with E-state index in [9.17, 15) is 0 Å². The normalized spacial score (nSPS) is 10.3. The average Bonchev–Trinajstić information content (AvgIpc) is 2.55. The van der Waals surface area contributed by atoms with Crippen LogP contribution in [0.25, 0.3) is 11.3 Å². The van der Waals surface area contributed by atoms with E-state index in [-0.39, 0.29) is 0 Å². The van der Waals surface area contributed by atoms with Crippen LogP contribution < -0.4 is 0 Å². The molecule has 4 nitrogen and oxygen atoms in total. The number of rotatable bonds is 1. The maximum Gasteiger partial charge on any atom is 0.0684 e. The fraction of sp³-hybridized carbons (Fsp3) is 0.143. The van der Waals surface area contributed by atoms with Gasteiger partial charge in [-0.2, -0.15) is 10.2 Å². The predicted molar refractivity (Wildman–Crippen MR) is 40.9 cm³/mol. The number of aromatic amines is 2. The van der Waals surface area contributed by atoms with E-state index in [1.54, 1.807) is 12.4 Å². The van der Waals surface area contributed by atoms with Crippen LogP contribution in [0.2, 0.25) is 0 Å². The van der Waals surface area contributed by atoms with E-state index in [4.69, 9.17) is 0 Å². The largest absolute Gasteiger partial charge is 0.282 e. The molecule has 0 fully saturated rings. The van der Waals surface area contributed by atoms with Crippen LogP contribution in [0.1, 0.15) is 5.69 Å². The fourth-order valence-electron chi connectivity index (χ4n) is 1.03. The molecule has 0 bridgehead atoms. The molecule has 2 aromatic heterocycles. The number of hydrogen-bond acceptors (Lipinski definition) is 2. The smallest absolute Gasteiger partial charge is 0.0684 e. The lowest BCUT2D eigenvalue weighted by atomic mass is 10.2. The summed E-state index contributed by atoms with van der Waals surface area (Å²) in [6.07, 6.45) is 3.50. The number of nitrogens with one attached hydrogen (secondary N) is 2. The average molecular weight is 148 g/mol. The Morgan fingerprint density at radius 1 is 1.27 bits per heavy atom. The molecule has 11 heavy (non-hydrogen) atoms. The Morgan fingerprint density at radius 3 is 2.73 bits per heavy atom. The van der Waals surface area contributed by atoms with Crippen LogP contribution in [0.15, 0.2) is 18.5 Å². The van der Waals surface area contributed by atoms with Gasteiger partial charge in [0.05, 0.1) is 11.9 Å². The SMILES string of the molecule is Cc1[nH]ncc1-c1ccn[nH]1. The standard InChI is InChI=1S/C7H8N4/c1-5-6(4-9-10-5)7-2-3-8-11-7/h2-4H,1H3,(H,8,11)(H,9,10). The van der Waals surface area contributed by atoms with Crippen molar-refractivity contribution in [2.45, 2.75) is 6.92 Å². The Balaban J connectivity index is 2.53. The van der Waals surface area contributed by atoms with Crippen LogP contribution in [0.5, 0.6) is 0 Å². The molecule has 2 rings (SSSR count). The number of aromatic nitrogens is 4. The minimum Gasteiger partial charge on any atom is -0.282 e. The first-order chi connectivity index (χ1) is 5.38. The van der Waals surface area contributed by atoms with Gasteiger partial charge in [0, 0.05) is 17.5 Å². The van der Waals surface area contributed by atoms with Gasteiger partial charge < -0.3 is 0 Å². The zero-order chi connectivity index (χ0) is 7.68. The first kappa shape index (κ1) is 6.15. The molecule has 4 heteroatoms. The van der Waals surface area contributed by atoms with Crippen molar-refractivity contribution in [1.82, 2.24) is 20.4 Å². The Kier molecular flexibility index (Phi) is 1.25. The van der Waals surface area contributed by atoms with E-state index in [1.165, 1.54) is 0 Å². The molecule has 0 aromatic carbocycles. The summed E-state index contributed by atoms with van der Waals surface area (Å²) in [5.41, 5.74) is 3.12. The van der Waals surface area contributed by atoms with Gasteiger partial charge >= 0.3 is 0 Å². The molecule has 0 aliphatic rings. The molecule has 2 N–H and O–H groups in total. The maximum absolute atomic E-state index is 3.90. The van der Waals surface area contributed by atoms with Gasteiger partial charge in [-0.25, -0.2) is 0 Å². The third-order valence-corrected chi connectivity index (χ3v) is 1.62. The first-order valence-corrected chi connectivity index (χ1v) is 3.37. The molecule has 0 radical (unpaired) electrons. The summed E-state index contributed by atoms with van der Waals surface area (Å²) in [6.45, 7) is 1.98. The molecule has 0 atom stereocenters. The monoisotopic (exact) mass is 148 g/mol. The van der Waals surface area contributed by atoms with E-state index in [2.05, 4.69) is 20.4 Å². The Labute approximate surface area is 63.6 Å². The van der Waals surface area contributed by atoms with E-state index < -0.39 is 0 Å². The summed E-state index contributed by atoms with van der Waals surface area (Å²) < 4.78 is 0. The Bertz CT molecular complexity index is 333. The van der Waals surface area contributed by atoms with E-state index in [0.717, 1.165) is 17.0 Å². The zero-order valence-corrected chi connectivity index (χ0v) is 6.13. The molecule has 0 amide bonds. The van der Waals surface area contributed by atoms with Crippen molar-refractivity contribution in [2.75, 3.05) is 0 Å². The van der Waals surface area contributed by atoms with Gasteiger partial charge in [0.25, 0.3) is 0 Å². The summed E-state index contributed by atoms with van der Waals surface area (Å²) >= 11 is 0. The minimum atomic E-state index is 0.997. The van der Waals surface area contributed by atoms with Gasteiger partial charge in [-0.1, -0.05) is 0 Å². The molecular weight excluding hydrogens is 140 g/mol. The van der Waals surface area contributed by atoms with Crippen molar-refractivity contribution >= 4 is 0 Å². The van der Waals surface area contributed by atoms with Gasteiger partial charge in [-0.3, -0.25) is 10.2 Å². The predicted octanol–water partition coefficient (Wildman–Crippen LogP) is 1.11. The van der Waals surface area contributed by atoms with E-state index in [0.29, 0.717) is 0 Å². The van der Waals surface area contributed by atoms with Crippen molar-refractivity contribution in [3.8, 4) is 11.3 Å². The van der Waals surface area contributed by atoms with E-state index in [1.807, 2.05) is 13.0 Å². The lowest BCUT2D eigenvalue weighted by Gasteiger charge is -1.90. The Morgan fingerprint density at radius 2 is 2.18 bits per heavy atom. The molecule has 0 aliphatic carbocycles. The summed E-state index contributed by atoms with van der Waals surface area (Å²) in [7, 11) is 0. The van der Waals surface area contributed by atoms with Gasteiger partial charge in [0.1, 0.15) is 0 Å². The molecular formula is C7H8N4. The van der Waals surface area contributed by atoms with Crippen LogP contribution in [0.3, 0.4) is 0 Å². The third kappa shape index (κ3) is 0.920. The van der Waals surface area contributed by atoms with Crippen molar-refractivity contribution in [1.29, 1.82) is 0 Å². The topological polar surface area (TPSA) is 57.4 Å². The second kappa shape index (κ2) is 2.23. The summed E-state index contributed by atoms with van der Waals surface area (Å²) in [5.74, 6) is 0. The lowest BCUT2D eigenvalue weighted by Crippen LogP contribution is -1.78. The molecule has 0 unspecified atom stereocenters. The highest BCUT2D eigenvalue weighted by Gasteiger charge is 2.02. The Hall–Kier alpha value is -1.58. The molecule has 0 saturated carbocycles. The minimum absolute atomic E-state index is 0.997. The van der Waals surface area contributed by atoms with Crippen molar-refractivity contribution in [2.24, 2.45) is 0 Å². The van der Waals surface area contributed by atoms with Gasteiger partial charge in [0.15, 0.2) is 0 Å². The molecule has 2 aromatic rings. The maximum atomic E-state index is 3.90. The number of hydrogen-bond donors (Lipinski definition) is 2. The summed E-state index contributed by atoms with van der Waals surface area (Å²) in [4.78, 5) is 0. The van der Waals surface area contributed by atoms with Crippen molar-refractivity contribution in [3.05, 3.63) is 24.2 Å². The van der Waals surface area contributed by atoms with Crippen LogP contribution in [-0.2, 0) is 0 Å². The van der Waals surface area contributed by atoms with Crippen molar-refractivity contribution in [3.63, 3.8) is 0 Å². The van der Waals surface area contributed by atoms with Gasteiger partial charge in [0.2, 0.25) is 0 Å². The lowest BCUT2D eigenvalue weighted by molar-refractivity contribution is 1.05. The van der Waals surface area contributed by atoms with Crippen LogP contribution in [0.4, 0.5) is 0 Å². The molecule has 56 valence electrons. The molecule has 0 saturated heterocycles. The first-order valence-electron chi connectivity index (χ1n) is 3.37. The van der Waals surface area contributed by atoms with Crippen LogP contribution in [-0.4, -0.2) is 20.4 Å². The number of nitrogens with zero attached hydrogens (tertiary/aromatic N) is 2. The van der Waals surface area contributed by atoms with Gasteiger partial charge in [-0.15, -0.1) is 0 Å². The number of H-pyrrole nitrogens is 2. The second-order valence-electron chi connectivity index (χ2n) is 2.38. The highest BCUT2D eigenvalue weighted by molar-refractivity contribution is 5.59. The number of aryl methyl sites for hydroxylation is 1. The second-order valence-corrected chi connectivity index (χ2v) is 2.38.